The van der Waals surface area contributed by atoms with Gasteiger partial charge in [-0.05, 0) is 31.1 Å². The van der Waals surface area contributed by atoms with Crippen molar-refractivity contribution in [3.63, 3.8) is 0 Å². The summed E-state index contributed by atoms with van der Waals surface area (Å²) < 4.78 is 0. The molecule has 1 aliphatic rings. The molecular weight excluding hydrogens is 222 g/mol. The summed E-state index contributed by atoms with van der Waals surface area (Å²) in [4.78, 5) is 0. The Kier molecular flexibility index (Phi) is 7.92. The van der Waals surface area contributed by atoms with Gasteiger partial charge in [0.05, 0.1) is 0 Å². The second-order valence-corrected chi connectivity index (χ2v) is 6.12. The minimum absolute atomic E-state index is 0.320. The third kappa shape index (κ3) is 5.27. The highest BCUT2D eigenvalue weighted by Gasteiger charge is 2.27. The molecule has 108 valence electrons. The first kappa shape index (κ1) is 16.0. The largest absolute Gasteiger partial charge is 0.379 e. The molecule has 0 saturated heterocycles. The zero-order valence-electron chi connectivity index (χ0n) is 12.6. The van der Waals surface area contributed by atoms with Crippen molar-refractivity contribution in [2.75, 3.05) is 0 Å². The molecule has 0 radical (unpaired) electrons. The molecule has 18 heavy (non-hydrogen) atoms. The van der Waals surface area contributed by atoms with E-state index in [0.717, 1.165) is 18.3 Å². The van der Waals surface area contributed by atoms with Gasteiger partial charge in [0.2, 0.25) is 0 Å². The lowest BCUT2D eigenvalue weighted by molar-refractivity contribution is 0.0857. The third-order valence-corrected chi connectivity index (χ3v) is 4.59. The highest BCUT2D eigenvalue weighted by atomic mass is 16.3. The normalized spacial score (nSPS) is 29.3. The van der Waals surface area contributed by atoms with Crippen LogP contribution >= 0.6 is 0 Å². The maximum atomic E-state index is 9.89. The van der Waals surface area contributed by atoms with E-state index in [1.807, 2.05) is 6.92 Å². The first-order chi connectivity index (χ1) is 8.69. The molecule has 0 amide bonds. The Hall–Kier alpha value is -0.0800. The number of hydrogen-bond acceptors (Lipinski definition) is 2. The van der Waals surface area contributed by atoms with Crippen LogP contribution in [0.5, 0.6) is 0 Å². The second-order valence-electron chi connectivity index (χ2n) is 6.12. The molecule has 0 aromatic rings. The van der Waals surface area contributed by atoms with Gasteiger partial charge in [-0.3, -0.25) is 5.32 Å². The fraction of sp³-hybridized carbons (Fsp3) is 1.00. The van der Waals surface area contributed by atoms with Gasteiger partial charge in [-0.15, -0.1) is 0 Å². The van der Waals surface area contributed by atoms with Gasteiger partial charge in [0.25, 0.3) is 0 Å². The van der Waals surface area contributed by atoms with Crippen LogP contribution in [0.15, 0.2) is 0 Å². The zero-order chi connectivity index (χ0) is 13.4. The molecule has 0 aliphatic heterocycles. The summed E-state index contributed by atoms with van der Waals surface area (Å²) in [5, 5.41) is 13.4. The van der Waals surface area contributed by atoms with Crippen LogP contribution in [0, 0.1) is 11.8 Å². The summed E-state index contributed by atoms with van der Waals surface area (Å²) in [5.74, 6) is 1.56. The van der Waals surface area contributed by atoms with Gasteiger partial charge < -0.3 is 5.11 Å². The summed E-state index contributed by atoms with van der Waals surface area (Å²) in [6, 6.07) is 0.512. The molecule has 0 aromatic heterocycles. The van der Waals surface area contributed by atoms with Gasteiger partial charge in [-0.1, -0.05) is 59.3 Å². The summed E-state index contributed by atoms with van der Waals surface area (Å²) >= 11 is 0. The van der Waals surface area contributed by atoms with Gasteiger partial charge in [-0.2, -0.15) is 0 Å². The van der Waals surface area contributed by atoms with E-state index in [2.05, 4.69) is 19.2 Å². The van der Waals surface area contributed by atoms with Gasteiger partial charge in [-0.25, -0.2) is 0 Å². The lowest BCUT2D eigenvalue weighted by Gasteiger charge is -2.35. The molecule has 1 aliphatic carbocycles. The predicted octanol–water partition coefficient (Wildman–Crippen LogP) is 4.08. The molecule has 0 spiro atoms. The molecule has 0 bridgehead atoms. The summed E-state index contributed by atoms with van der Waals surface area (Å²) in [7, 11) is 0. The van der Waals surface area contributed by atoms with Crippen molar-refractivity contribution in [2.45, 2.75) is 90.8 Å². The van der Waals surface area contributed by atoms with Gasteiger partial charge >= 0.3 is 0 Å². The van der Waals surface area contributed by atoms with Crippen LogP contribution in [-0.4, -0.2) is 17.4 Å². The van der Waals surface area contributed by atoms with Crippen molar-refractivity contribution in [1.82, 2.24) is 5.32 Å². The first-order valence-corrected chi connectivity index (χ1v) is 8.13. The van der Waals surface area contributed by atoms with Gasteiger partial charge in [0.15, 0.2) is 0 Å². The van der Waals surface area contributed by atoms with Crippen LogP contribution in [0.25, 0.3) is 0 Å². The minimum atomic E-state index is -0.320. The molecule has 1 fully saturated rings. The minimum Gasteiger partial charge on any atom is -0.379 e. The van der Waals surface area contributed by atoms with E-state index in [9.17, 15) is 5.11 Å². The van der Waals surface area contributed by atoms with Crippen LogP contribution in [0.3, 0.4) is 0 Å². The Morgan fingerprint density at radius 3 is 2.39 bits per heavy atom. The van der Waals surface area contributed by atoms with Crippen LogP contribution < -0.4 is 5.32 Å². The van der Waals surface area contributed by atoms with Crippen molar-refractivity contribution in [3.8, 4) is 0 Å². The summed E-state index contributed by atoms with van der Waals surface area (Å²) in [6.07, 6.45) is 11.2. The highest BCUT2D eigenvalue weighted by molar-refractivity contribution is 4.82. The molecular formula is C16H33NO. The molecule has 2 heteroatoms. The molecule has 4 atom stereocenters. The van der Waals surface area contributed by atoms with E-state index in [0.29, 0.717) is 6.04 Å². The fourth-order valence-corrected chi connectivity index (χ4v) is 3.39. The average molecular weight is 255 g/mol. The lowest BCUT2D eigenvalue weighted by atomic mass is 9.77. The Bertz CT molecular complexity index is 207. The Morgan fingerprint density at radius 2 is 1.78 bits per heavy atom. The fourth-order valence-electron chi connectivity index (χ4n) is 3.39. The van der Waals surface area contributed by atoms with Crippen LogP contribution in [-0.2, 0) is 0 Å². The van der Waals surface area contributed by atoms with Crippen LogP contribution in [0.4, 0.5) is 0 Å². The van der Waals surface area contributed by atoms with Crippen molar-refractivity contribution < 1.29 is 5.11 Å². The van der Waals surface area contributed by atoms with Crippen molar-refractivity contribution >= 4 is 0 Å². The molecule has 2 N–H and O–H groups in total. The molecule has 0 heterocycles. The molecule has 4 unspecified atom stereocenters. The number of rotatable bonds is 6. The second kappa shape index (κ2) is 8.92. The van der Waals surface area contributed by atoms with Gasteiger partial charge in [0, 0.05) is 6.04 Å². The quantitative estimate of drug-likeness (QED) is 0.701. The number of nitrogens with one attached hydrogen (secondary N) is 1. The maximum absolute atomic E-state index is 9.89. The van der Waals surface area contributed by atoms with Crippen molar-refractivity contribution in [1.29, 1.82) is 0 Å². The maximum Gasteiger partial charge on any atom is 0.104 e. The Balaban J connectivity index is 2.60. The third-order valence-electron chi connectivity index (χ3n) is 4.59. The van der Waals surface area contributed by atoms with Crippen molar-refractivity contribution in [3.05, 3.63) is 0 Å². The standard InChI is InChI=1S/C16H33NO/c1-4-10-15(17-16(18)5-2)14-12-9-7-6-8-11-13(14)3/h13-18H,4-12H2,1-3H3. The molecule has 0 aromatic carbocycles. The van der Waals surface area contributed by atoms with Crippen LogP contribution in [0.2, 0.25) is 0 Å². The zero-order valence-corrected chi connectivity index (χ0v) is 12.6. The first-order valence-electron chi connectivity index (χ1n) is 8.13. The number of hydrogen-bond donors (Lipinski definition) is 2. The molecule has 2 nitrogen and oxygen atoms in total. The Morgan fingerprint density at radius 1 is 1.11 bits per heavy atom. The van der Waals surface area contributed by atoms with Crippen molar-refractivity contribution in [2.24, 2.45) is 11.8 Å². The van der Waals surface area contributed by atoms with E-state index < -0.39 is 0 Å². The topological polar surface area (TPSA) is 32.3 Å². The summed E-state index contributed by atoms with van der Waals surface area (Å²) in [6.45, 7) is 6.71. The van der Waals surface area contributed by atoms with E-state index in [1.54, 1.807) is 0 Å². The van der Waals surface area contributed by atoms with Gasteiger partial charge in [0.1, 0.15) is 6.23 Å². The monoisotopic (exact) mass is 255 g/mol. The molecule has 1 rings (SSSR count). The average Bonchev–Trinajstić information content (AvgIpc) is 2.34. The van der Waals surface area contributed by atoms with E-state index in [4.69, 9.17) is 0 Å². The Labute approximate surface area is 114 Å². The van der Waals surface area contributed by atoms with Crippen LogP contribution in [0.1, 0.15) is 78.6 Å². The number of aliphatic hydroxyl groups is 1. The van der Waals surface area contributed by atoms with E-state index >= 15 is 0 Å². The number of aliphatic hydroxyl groups excluding tert-OH is 1. The smallest absolute Gasteiger partial charge is 0.104 e. The predicted molar refractivity (Wildman–Crippen MR) is 78.5 cm³/mol. The summed E-state index contributed by atoms with van der Waals surface area (Å²) in [5.41, 5.74) is 0. The van der Waals surface area contributed by atoms with E-state index in [1.165, 1.54) is 51.4 Å². The lowest BCUT2D eigenvalue weighted by Crippen LogP contribution is -2.44. The SMILES string of the molecule is CCCC(NC(O)CC)C1CCCCCCC1C. The van der Waals surface area contributed by atoms with E-state index in [-0.39, 0.29) is 6.23 Å². The highest BCUT2D eigenvalue weighted by Crippen LogP contribution is 2.31. The molecule has 1 saturated carbocycles.